The molecule has 3 rings (SSSR count). The first-order valence-electron chi connectivity index (χ1n) is 7.19. The smallest absolute Gasteiger partial charge is 0.251 e. The molecule has 0 fully saturated rings. The number of nitrogens with two attached hydrogens (primary N) is 2. The van der Waals surface area contributed by atoms with Crippen molar-refractivity contribution < 1.29 is 9.59 Å². The van der Waals surface area contributed by atoms with Gasteiger partial charge < -0.3 is 16.0 Å². The molecule has 1 aromatic carbocycles. The molecule has 118 valence electrons. The average Bonchev–Trinajstić information content (AvgIpc) is 3.07. The zero-order valence-electron chi connectivity index (χ0n) is 12.9. The minimum absolute atomic E-state index is 0.384. The third kappa shape index (κ3) is 2.41. The number of nitrogens with zero attached hydrogens (tertiary/aromatic N) is 1. The number of carbonyl (C=O) groups excluding carboxylic acids is 2. The SMILES string of the molecule is Cc1csc(-n2cc(C(C)C(N)=O)c3ccccc32)c1C(N)=O. The number of benzene rings is 1. The second kappa shape index (κ2) is 5.55. The van der Waals surface area contributed by atoms with E-state index in [1.165, 1.54) is 11.3 Å². The Morgan fingerprint density at radius 1 is 1.22 bits per heavy atom. The Morgan fingerprint density at radius 3 is 2.57 bits per heavy atom. The largest absolute Gasteiger partial charge is 0.369 e. The van der Waals surface area contributed by atoms with Crippen molar-refractivity contribution in [1.82, 2.24) is 4.57 Å². The van der Waals surface area contributed by atoms with Crippen LogP contribution in [-0.2, 0) is 4.79 Å². The number of para-hydroxylation sites is 1. The van der Waals surface area contributed by atoms with E-state index in [9.17, 15) is 9.59 Å². The molecule has 5 nitrogen and oxygen atoms in total. The van der Waals surface area contributed by atoms with Crippen LogP contribution in [0.25, 0.3) is 15.9 Å². The van der Waals surface area contributed by atoms with E-state index < -0.39 is 11.8 Å². The van der Waals surface area contributed by atoms with Crippen LogP contribution in [0.15, 0.2) is 35.8 Å². The van der Waals surface area contributed by atoms with Gasteiger partial charge in [0.1, 0.15) is 5.00 Å². The molecule has 1 atom stereocenters. The Bertz CT molecular complexity index is 923. The molecule has 0 aliphatic heterocycles. The van der Waals surface area contributed by atoms with Crippen molar-refractivity contribution in [3.05, 3.63) is 52.5 Å². The molecule has 0 bridgehead atoms. The third-order valence-corrected chi connectivity index (χ3v) is 5.15. The van der Waals surface area contributed by atoms with Crippen LogP contribution in [0.5, 0.6) is 0 Å². The number of thiophene rings is 1. The minimum atomic E-state index is -0.457. The number of hydrogen-bond acceptors (Lipinski definition) is 3. The molecule has 2 heterocycles. The molecule has 4 N–H and O–H groups in total. The van der Waals surface area contributed by atoms with Gasteiger partial charge in [-0.05, 0) is 36.4 Å². The van der Waals surface area contributed by atoms with Crippen molar-refractivity contribution in [2.24, 2.45) is 11.5 Å². The summed E-state index contributed by atoms with van der Waals surface area (Å²) in [4.78, 5) is 23.4. The van der Waals surface area contributed by atoms with Gasteiger partial charge in [0.25, 0.3) is 5.91 Å². The van der Waals surface area contributed by atoms with Crippen LogP contribution in [0, 0.1) is 6.92 Å². The topological polar surface area (TPSA) is 91.1 Å². The molecule has 6 heteroatoms. The van der Waals surface area contributed by atoms with Crippen molar-refractivity contribution in [2.75, 3.05) is 0 Å². The number of aromatic nitrogens is 1. The summed E-state index contributed by atoms with van der Waals surface area (Å²) in [6.45, 7) is 3.64. The molecule has 2 amide bonds. The highest BCUT2D eigenvalue weighted by molar-refractivity contribution is 7.13. The van der Waals surface area contributed by atoms with E-state index in [1.54, 1.807) is 6.92 Å². The molecule has 0 saturated carbocycles. The average molecular weight is 327 g/mol. The molecule has 0 radical (unpaired) electrons. The van der Waals surface area contributed by atoms with E-state index in [4.69, 9.17) is 11.5 Å². The van der Waals surface area contributed by atoms with Gasteiger partial charge in [-0.3, -0.25) is 9.59 Å². The highest BCUT2D eigenvalue weighted by atomic mass is 32.1. The van der Waals surface area contributed by atoms with Gasteiger partial charge in [0.05, 0.1) is 17.0 Å². The van der Waals surface area contributed by atoms with Gasteiger partial charge in [-0.25, -0.2) is 0 Å². The molecule has 2 aromatic heterocycles. The molecular formula is C17H17N3O2S. The van der Waals surface area contributed by atoms with Crippen molar-refractivity contribution in [3.63, 3.8) is 0 Å². The molecule has 0 saturated heterocycles. The van der Waals surface area contributed by atoms with E-state index in [2.05, 4.69) is 0 Å². The summed E-state index contributed by atoms with van der Waals surface area (Å²) >= 11 is 1.45. The number of amides is 2. The van der Waals surface area contributed by atoms with E-state index in [-0.39, 0.29) is 5.91 Å². The Balaban J connectivity index is 2.32. The lowest BCUT2D eigenvalue weighted by Gasteiger charge is -2.05. The first kappa shape index (κ1) is 15.3. The number of rotatable bonds is 4. The maximum absolute atomic E-state index is 11.8. The summed E-state index contributed by atoms with van der Waals surface area (Å²) in [7, 11) is 0. The molecule has 3 aromatic rings. The maximum atomic E-state index is 11.8. The van der Waals surface area contributed by atoms with E-state index in [0.29, 0.717) is 5.56 Å². The standard InChI is InChI=1S/C17H17N3O2S/c1-9-8-23-17(14(9)16(19)22)20-7-12(10(2)15(18)21)11-5-3-4-6-13(11)20/h3-8,10H,1-2H3,(H2,18,21)(H2,19,22). The van der Waals surface area contributed by atoms with Crippen LogP contribution in [0.4, 0.5) is 0 Å². The van der Waals surface area contributed by atoms with E-state index in [0.717, 1.165) is 27.0 Å². The van der Waals surface area contributed by atoms with Gasteiger partial charge in [-0.15, -0.1) is 11.3 Å². The predicted molar refractivity (Wildman–Crippen MR) is 92.0 cm³/mol. The lowest BCUT2D eigenvalue weighted by Crippen LogP contribution is -2.18. The van der Waals surface area contributed by atoms with E-state index in [1.807, 2.05) is 47.3 Å². The summed E-state index contributed by atoms with van der Waals surface area (Å²) in [5, 5.41) is 3.61. The van der Waals surface area contributed by atoms with Gasteiger partial charge in [0, 0.05) is 11.6 Å². The Hall–Kier alpha value is -2.60. The quantitative estimate of drug-likeness (QED) is 0.771. The zero-order chi connectivity index (χ0) is 16.7. The van der Waals surface area contributed by atoms with Crippen molar-refractivity contribution in [1.29, 1.82) is 0 Å². The Kier molecular flexibility index (Phi) is 3.69. The molecule has 0 spiro atoms. The van der Waals surface area contributed by atoms with Crippen LogP contribution in [-0.4, -0.2) is 16.4 Å². The van der Waals surface area contributed by atoms with Gasteiger partial charge in [0.15, 0.2) is 0 Å². The maximum Gasteiger partial charge on any atom is 0.251 e. The number of fused-ring (bicyclic) bond motifs is 1. The molecular weight excluding hydrogens is 310 g/mol. The predicted octanol–water partition coefficient (Wildman–Crippen LogP) is 2.69. The fraction of sp³-hybridized carbons (Fsp3) is 0.176. The third-order valence-electron chi connectivity index (χ3n) is 4.06. The first-order chi connectivity index (χ1) is 10.9. The normalized spacial score (nSPS) is 12.4. The fourth-order valence-corrected chi connectivity index (χ4v) is 3.83. The van der Waals surface area contributed by atoms with Gasteiger partial charge in [-0.2, -0.15) is 0 Å². The van der Waals surface area contributed by atoms with Crippen molar-refractivity contribution in [3.8, 4) is 5.00 Å². The number of aryl methyl sites for hydroxylation is 1. The van der Waals surface area contributed by atoms with Gasteiger partial charge >= 0.3 is 0 Å². The second-order valence-corrected chi connectivity index (χ2v) is 6.42. The summed E-state index contributed by atoms with van der Waals surface area (Å²) in [5.41, 5.74) is 14.1. The lowest BCUT2D eigenvalue weighted by molar-refractivity contribution is -0.119. The Labute approximate surface area is 137 Å². The minimum Gasteiger partial charge on any atom is -0.369 e. The molecule has 23 heavy (non-hydrogen) atoms. The van der Waals surface area contributed by atoms with Crippen molar-refractivity contribution in [2.45, 2.75) is 19.8 Å². The van der Waals surface area contributed by atoms with Gasteiger partial charge in [0.2, 0.25) is 5.91 Å². The first-order valence-corrected chi connectivity index (χ1v) is 8.07. The van der Waals surface area contributed by atoms with Crippen LogP contribution in [0.2, 0.25) is 0 Å². The van der Waals surface area contributed by atoms with Crippen LogP contribution >= 0.6 is 11.3 Å². The monoisotopic (exact) mass is 327 g/mol. The van der Waals surface area contributed by atoms with Gasteiger partial charge in [-0.1, -0.05) is 18.2 Å². The van der Waals surface area contributed by atoms with Crippen LogP contribution in [0.1, 0.15) is 34.3 Å². The summed E-state index contributed by atoms with van der Waals surface area (Å²) in [6.07, 6.45) is 1.87. The molecule has 0 aliphatic rings. The molecule has 1 unspecified atom stereocenters. The van der Waals surface area contributed by atoms with E-state index >= 15 is 0 Å². The highest BCUT2D eigenvalue weighted by Crippen LogP contribution is 2.34. The number of hydrogen-bond donors (Lipinski definition) is 2. The number of carbonyl (C=O) groups is 2. The summed E-state index contributed by atoms with van der Waals surface area (Å²) in [5.74, 6) is -1.26. The summed E-state index contributed by atoms with van der Waals surface area (Å²) < 4.78 is 1.92. The lowest BCUT2D eigenvalue weighted by atomic mass is 10.0. The Morgan fingerprint density at radius 2 is 1.91 bits per heavy atom. The number of primary amides is 2. The van der Waals surface area contributed by atoms with Crippen LogP contribution < -0.4 is 11.5 Å². The molecule has 0 aliphatic carbocycles. The highest BCUT2D eigenvalue weighted by Gasteiger charge is 2.22. The van der Waals surface area contributed by atoms with Crippen molar-refractivity contribution >= 4 is 34.1 Å². The summed E-state index contributed by atoms with van der Waals surface area (Å²) in [6, 6.07) is 7.73. The van der Waals surface area contributed by atoms with Crippen LogP contribution in [0.3, 0.4) is 0 Å². The second-order valence-electron chi connectivity index (χ2n) is 5.56. The zero-order valence-corrected chi connectivity index (χ0v) is 13.7. The fourth-order valence-electron chi connectivity index (χ4n) is 2.78.